The first-order valence-corrected chi connectivity index (χ1v) is 10.5. The summed E-state index contributed by atoms with van der Waals surface area (Å²) in [7, 11) is -3.39. The van der Waals surface area contributed by atoms with Gasteiger partial charge in [-0.1, -0.05) is 0 Å². The Balaban J connectivity index is 1.53. The van der Waals surface area contributed by atoms with Crippen LogP contribution in [-0.2, 0) is 10.0 Å². The molecule has 5 nitrogen and oxygen atoms in total. The van der Waals surface area contributed by atoms with Gasteiger partial charge in [0.05, 0.1) is 6.20 Å². The molecular formula is C17H20N2O3S2. The molecule has 0 aromatic carbocycles. The lowest BCUT2D eigenvalue weighted by Gasteiger charge is -2.37. The summed E-state index contributed by atoms with van der Waals surface area (Å²) in [4.78, 5) is 5.09. The topological polar surface area (TPSA) is 59.5 Å². The van der Waals surface area contributed by atoms with E-state index in [1.165, 1.54) is 11.3 Å². The summed E-state index contributed by atoms with van der Waals surface area (Å²) in [6.45, 7) is 1.94. The second-order valence-corrected chi connectivity index (χ2v) is 9.84. The van der Waals surface area contributed by atoms with Crippen LogP contribution >= 0.6 is 11.3 Å². The minimum absolute atomic E-state index is 0.0397. The highest BCUT2D eigenvalue weighted by molar-refractivity contribution is 7.91. The number of pyridine rings is 1. The second kappa shape index (κ2) is 6.13. The van der Waals surface area contributed by atoms with E-state index in [1.807, 2.05) is 25.1 Å². The first-order valence-electron chi connectivity index (χ1n) is 8.21. The number of hydrogen-bond donors (Lipinski definition) is 0. The van der Waals surface area contributed by atoms with Crippen molar-refractivity contribution in [3.8, 4) is 5.75 Å². The lowest BCUT2D eigenvalue weighted by Crippen LogP contribution is -2.48. The minimum atomic E-state index is -3.39. The normalized spacial score (nSPS) is 27.3. The van der Waals surface area contributed by atoms with E-state index in [-0.39, 0.29) is 18.2 Å². The molecule has 2 aliphatic heterocycles. The van der Waals surface area contributed by atoms with Crippen molar-refractivity contribution < 1.29 is 13.2 Å². The summed E-state index contributed by atoms with van der Waals surface area (Å²) < 4.78 is 34.3. The number of nitrogens with zero attached hydrogens (tertiary/aromatic N) is 2. The molecule has 7 heteroatoms. The molecule has 2 aromatic heterocycles. The van der Waals surface area contributed by atoms with Gasteiger partial charge in [0.2, 0.25) is 0 Å². The fourth-order valence-electron chi connectivity index (χ4n) is 3.84. The molecular weight excluding hydrogens is 344 g/mol. The third kappa shape index (κ3) is 2.85. The molecule has 0 radical (unpaired) electrons. The van der Waals surface area contributed by atoms with Gasteiger partial charge in [0.15, 0.2) is 0 Å². The van der Waals surface area contributed by atoms with Gasteiger partial charge in [-0.05, 0) is 44.0 Å². The summed E-state index contributed by atoms with van der Waals surface area (Å²) in [5.41, 5.74) is 0. The number of fused-ring (bicyclic) bond motifs is 2. The van der Waals surface area contributed by atoms with Crippen LogP contribution in [0.2, 0.25) is 0 Å². The summed E-state index contributed by atoms with van der Waals surface area (Å²) in [5, 5.41) is 0. The maximum atomic E-state index is 13.0. The zero-order chi connectivity index (χ0) is 16.7. The molecule has 0 N–H and O–H groups in total. The van der Waals surface area contributed by atoms with Crippen molar-refractivity contribution in [1.82, 2.24) is 9.29 Å². The maximum Gasteiger partial charge on any atom is 0.253 e. The molecule has 0 amide bonds. The standard InChI is InChI=1S/C17H20N2O3S2/c1-12-4-7-17(23-12)24(20,21)19-13-5-6-14(19)10-16(9-13)22-15-3-2-8-18-11-15/h2-4,7-8,11,13-14,16H,5-6,9-10H2,1H3. The smallest absolute Gasteiger partial charge is 0.253 e. The molecule has 2 aliphatic rings. The van der Waals surface area contributed by atoms with Gasteiger partial charge in [-0.25, -0.2) is 8.42 Å². The van der Waals surface area contributed by atoms with Gasteiger partial charge >= 0.3 is 0 Å². The van der Waals surface area contributed by atoms with Crippen molar-refractivity contribution in [2.75, 3.05) is 0 Å². The van der Waals surface area contributed by atoms with Crippen molar-refractivity contribution in [1.29, 1.82) is 0 Å². The largest absolute Gasteiger partial charge is 0.489 e. The molecule has 0 saturated carbocycles. The van der Waals surface area contributed by atoms with E-state index >= 15 is 0 Å². The van der Waals surface area contributed by atoms with Crippen LogP contribution in [0, 0.1) is 6.92 Å². The van der Waals surface area contributed by atoms with Gasteiger partial charge in [0, 0.05) is 36.0 Å². The first-order chi connectivity index (χ1) is 11.5. The molecule has 0 aliphatic carbocycles. The van der Waals surface area contributed by atoms with E-state index < -0.39 is 10.0 Å². The summed E-state index contributed by atoms with van der Waals surface area (Å²) in [5.74, 6) is 0.757. The number of sulfonamides is 1. The van der Waals surface area contributed by atoms with E-state index in [9.17, 15) is 8.42 Å². The molecule has 4 rings (SSSR count). The third-order valence-electron chi connectivity index (χ3n) is 4.81. The Morgan fingerprint density at radius 2 is 1.96 bits per heavy atom. The highest BCUT2D eigenvalue weighted by atomic mass is 32.2. The van der Waals surface area contributed by atoms with E-state index in [0.717, 1.165) is 36.3 Å². The Labute approximate surface area is 146 Å². The predicted molar refractivity (Wildman–Crippen MR) is 92.8 cm³/mol. The van der Waals surface area contributed by atoms with Crippen LogP contribution in [0.4, 0.5) is 0 Å². The van der Waals surface area contributed by atoms with E-state index in [0.29, 0.717) is 4.21 Å². The average molecular weight is 364 g/mol. The Bertz CT molecular complexity index is 805. The van der Waals surface area contributed by atoms with Gasteiger partial charge in [0.1, 0.15) is 16.1 Å². The van der Waals surface area contributed by atoms with Gasteiger partial charge in [-0.15, -0.1) is 11.3 Å². The predicted octanol–water partition coefficient (Wildman–Crippen LogP) is 3.21. The van der Waals surface area contributed by atoms with Gasteiger partial charge in [-0.2, -0.15) is 4.31 Å². The Morgan fingerprint density at radius 3 is 2.54 bits per heavy atom. The SMILES string of the molecule is Cc1ccc(S(=O)(=O)N2C3CCC2CC(Oc2cccnc2)C3)s1. The van der Waals surface area contributed by atoms with Crippen LogP contribution in [0.3, 0.4) is 0 Å². The van der Waals surface area contributed by atoms with Crippen molar-refractivity contribution >= 4 is 21.4 Å². The minimum Gasteiger partial charge on any atom is -0.489 e. The highest BCUT2D eigenvalue weighted by Crippen LogP contribution is 2.41. The second-order valence-electron chi connectivity index (χ2n) is 6.49. The summed E-state index contributed by atoms with van der Waals surface area (Å²) in [6.07, 6.45) is 6.81. The quantitative estimate of drug-likeness (QED) is 0.836. The van der Waals surface area contributed by atoms with Crippen molar-refractivity contribution in [2.45, 2.75) is 55.0 Å². The van der Waals surface area contributed by atoms with Gasteiger partial charge in [0.25, 0.3) is 10.0 Å². The fraction of sp³-hybridized carbons (Fsp3) is 0.471. The number of aromatic nitrogens is 1. The zero-order valence-electron chi connectivity index (χ0n) is 13.5. The number of aryl methyl sites for hydroxylation is 1. The molecule has 2 saturated heterocycles. The average Bonchev–Trinajstić information content (AvgIpc) is 3.11. The molecule has 2 unspecified atom stereocenters. The Morgan fingerprint density at radius 1 is 1.21 bits per heavy atom. The lowest BCUT2D eigenvalue weighted by atomic mass is 10.0. The van der Waals surface area contributed by atoms with E-state index in [4.69, 9.17) is 4.74 Å². The van der Waals surface area contributed by atoms with Crippen molar-refractivity contribution in [2.24, 2.45) is 0 Å². The number of thiophene rings is 1. The fourth-order valence-corrected chi connectivity index (χ4v) is 7.12. The van der Waals surface area contributed by atoms with E-state index in [2.05, 4.69) is 4.98 Å². The number of piperidine rings is 1. The first kappa shape index (κ1) is 16.1. The van der Waals surface area contributed by atoms with Crippen molar-refractivity contribution in [3.05, 3.63) is 41.5 Å². The molecule has 2 atom stereocenters. The van der Waals surface area contributed by atoms with E-state index in [1.54, 1.807) is 22.8 Å². The van der Waals surface area contributed by atoms with Crippen LogP contribution in [0.1, 0.15) is 30.6 Å². The van der Waals surface area contributed by atoms with Crippen LogP contribution < -0.4 is 4.74 Å². The highest BCUT2D eigenvalue weighted by Gasteiger charge is 2.48. The van der Waals surface area contributed by atoms with Gasteiger partial charge < -0.3 is 4.74 Å². The van der Waals surface area contributed by atoms with Crippen LogP contribution in [0.15, 0.2) is 40.9 Å². The number of rotatable bonds is 4. The monoisotopic (exact) mass is 364 g/mol. The molecule has 4 heterocycles. The third-order valence-corrected chi connectivity index (χ3v) is 8.28. The Kier molecular flexibility index (Phi) is 4.10. The summed E-state index contributed by atoms with van der Waals surface area (Å²) in [6, 6.07) is 7.43. The Hall–Kier alpha value is -1.44. The van der Waals surface area contributed by atoms with Gasteiger partial charge in [-0.3, -0.25) is 4.98 Å². The zero-order valence-corrected chi connectivity index (χ0v) is 15.1. The lowest BCUT2D eigenvalue weighted by molar-refractivity contribution is 0.0954. The molecule has 128 valence electrons. The van der Waals surface area contributed by atoms with Crippen LogP contribution in [0.5, 0.6) is 5.75 Å². The molecule has 2 fully saturated rings. The molecule has 24 heavy (non-hydrogen) atoms. The number of hydrogen-bond acceptors (Lipinski definition) is 5. The maximum absolute atomic E-state index is 13.0. The van der Waals surface area contributed by atoms with Crippen LogP contribution in [-0.4, -0.2) is 35.9 Å². The van der Waals surface area contributed by atoms with Crippen LogP contribution in [0.25, 0.3) is 0 Å². The molecule has 2 aromatic rings. The number of ether oxygens (including phenoxy) is 1. The molecule has 0 spiro atoms. The summed E-state index contributed by atoms with van der Waals surface area (Å²) >= 11 is 1.35. The molecule has 2 bridgehead atoms. The van der Waals surface area contributed by atoms with Crippen molar-refractivity contribution in [3.63, 3.8) is 0 Å².